The quantitative estimate of drug-likeness (QED) is 0.845. The number of halogens is 3. The molecule has 20 heavy (non-hydrogen) atoms. The first kappa shape index (κ1) is 16.2. The number of amides is 1. The normalized spacial score (nSPS) is 11.8. The van der Waals surface area contributed by atoms with Crippen LogP contribution in [0.15, 0.2) is 30.3 Å². The van der Waals surface area contributed by atoms with Crippen LogP contribution in [0.1, 0.15) is 11.1 Å². The van der Waals surface area contributed by atoms with E-state index < -0.39 is 25.2 Å². The van der Waals surface area contributed by atoms with E-state index in [2.05, 4.69) is 0 Å². The third kappa shape index (κ3) is 5.44. The van der Waals surface area contributed by atoms with E-state index in [0.29, 0.717) is 4.90 Å². The molecule has 0 fully saturated rings. The maximum absolute atomic E-state index is 12.3. The molecule has 1 aromatic carbocycles. The van der Waals surface area contributed by atoms with E-state index in [4.69, 9.17) is 5.11 Å². The summed E-state index contributed by atoms with van der Waals surface area (Å²) in [6, 6.07) is 7.21. The number of carbonyl (C=O) groups is 1. The molecule has 3 nitrogen and oxygen atoms in total. The van der Waals surface area contributed by atoms with Crippen LogP contribution in [-0.4, -0.2) is 41.8 Å². The predicted molar refractivity (Wildman–Crippen MR) is 69.9 cm³/mol. The number of alkyl halides is 3. The van der Waals surface area contributed by atoms with E-state index in [9.17, 15) is 18.0 Å². The van der Waals surface area contributed by atoms with Gasteiger partial charge in [-0.1, -0.05) is 24.3 Å². The lowest BCUT2D eigenvalue weighted by atomic mass is 10.1. The topological polar surface area (TPSA) is 40.5 Å². The van der Waals surface area contributed by atoms with Crippen molar-refractivity contribution in [1.82, 2.24) is 4.90 Å². The second-order valence-electron chi connectivity index (χ2n) is 4.29. The summed E-state index contributed by atoms with van der Waals surface area (Å²) in [6.07, 6.45) is -1.93. The Morgan fingerprint density at radius 2 is 2.00 bits per heavy atom. The molecule has 0 spiro atoms. The molecule has 0 aliphatic rings. The smallest absolute Gasteiger partial charge is 0.395 e. The predicted octanol–water partition coefficient (Wildman–Crippen LogP) is 2.39. The van der Waals surface area contributed by atoms with Crippen LogP contribution in [0.5, 0.6) is 0 Å². The van der Waals surface area contributed by atoms with E-state index in [1.54, 1.807) is 12.1 Å². The Morgan fingerprint density at radius 1 is 1.35 bits per heavy atom. The maximum atomic E-state index is 12.3. The number of carbonyl (C=O) groups excluding carboxylic acids is 1. The SMILES string of the molecule is Cc1ccccc1/C=C/C(=O)N(CCO)CC(F)(F)F. The van der Waals surface area contributed by atoms with E-state index in [-0.39, 0.29) is 6.54 Å². The minimum atomic E-state index is -4.48. The molecule has 0 unspecified atom stereocenters. The maximum Gasteiger partial charge on any atom is 0.406 e. The lowest BCUT2D eigenvalue weighted by molar-refractivity contribution is -0.158. The molecule has 0 aliphatic carbocycles. The van der Waals surface area contributed by atoms with E-state index in [1.807, 2.05) is 19.1 Å². The molecule has 1 rings (SSSR count). The van der Waals surface area contributed by atoms with Crippen LogP contribution in [0, 0.1) is 6.92 Å². The Hall–Kier alpha value is -1.82. The first-order valence-corrected chi connectivity index (χ1v) is 6.03. The first-order valence-electron chi connectivity index (χ1n) is 6.03. The molecular formula is C14H16F3NO2. The number of hydrogen-bond donors (Lipinski definition) is 1. The summed E-state index contributed by atoms with van der Waals surface area (Å²) in [4.78, 5) is 12.3. The van der Waals surface area contributed by atoms with Gasteiger partial charge in [0.1, 0.15) is 6.54 Å². The van der Waals surface area contributed by atoms with Crippen LogP contribution in [0.3, 0.4) is 0 Å². The molecular weight excluding hydrogens is 271 g/mol. The third-order valence-electron chi connectivity index (χ3n) is 2.65. The molecule has 0 saturated carbocycles. The molecule has 1 N–H and O–H groups in total. The van der Waals surface area contributed by atoms with Crippen molar-refractivity contribution in [3.8, 4) is 0 Å². The van der Waals surface area contributed by atoms with Gasteiger partial charge in [0.25, 0.3) is 0 Å². The van der Waals surface area contributed by atoms with Crippen molar-refractivity contribution >= 4 is 12.0 Å². The molecule has 0 bridgehead atoms. The lowest BCUT2D eigenvalue weighted by Gasteiger charge is -2.21. The number of aliphatic hydroxyl groups excluding tert-OH is 1. The fourth-order valence-corrected chi connectivity index (χ4v) is 1.64. The largest absolute Gasteiger partial charge is 0.406 e. The highest BCUT2D eigenvalue weighted by Crippen LogP contribution is 2.17. The molecule has 0 atom stereocenters. The molecule has 0 heterocycles. The summed E-state index contributed by atoms with van der Waals surface area (Å²) in [5.74, 6) is -0.778. The van der Waals surface area contributed by atoms with Crippen molar-refractivity contribution in [2.45, 2.75) is 13.1 Å². The fraction of sp³-hybridized carbons (Fsp3) is 0.357. The van der Waals surface area contributed by atoms with Gasteiger partial charge in [-0.05, 0) is 24.1 Å². The van der Waals surface area contributed by atoms with E-state index >= 15 is 0 Å². The van der Waals surface area contributed by atoms with Crippen molar-refractivity contribution in [2.24, 2.45) is 0 Å². The summed E-state index contributed by atoms with van der Waals surface area (Å²) < 4.78 is 37.0. The van der Waals surface area contributed by atoms with Gasteiger partial charge in [0.2, 0.25) is 5.91 Å². The summed E-state index contributed by atoms with van der Waals surface area (Å²) in [5.41, 5.74) is 1.68. The minimum absolute atomic E-state index is 0.351. The van der Waals surface area contributed by atoms with Gasteiger partial charge in [-0.25, -0.2) is 0 Å². The van der Waals surface area contributed by atoms with E-state index in [0.717, 1.165) is 17.2 Å². The molecule has 1 aromatic rings. The van der Waals surface area contributed by atoms with Gasteiger partial charge in [0.15, 0.2) is 0 Å². The Kier molecular flexibility index (Phi) is 5.76. The van der Waals surface area contributed by atoms with Crippen LogP contribution in [-0.2, 0) is 4.79 Å². The van der Waals surface area contributed by atoms with Crippen LogP contribution < -0.4 is 0 Å². The highest BCUT2D eigenvalue weighted by atomic mass is 19.4. The standard InChI is InChI=1S/C14H16F3NO2/c1-11-4-2-3-5-12(11)6-7-13(20)18(8-9-19)10-14(15,16)17/h2-7,19H,8-10H2,1H3/b7-6+. The van der Waals surface area contributed by atoms with Gasteiger partial charge in [0.05, 0.1) is 6.61 Å². The van der Waals surface area contributed by atoms with Gasteiger partial charge in [-0.3, -0.25) is 4.79 Å². The Bertz CT molecular complexity index is 484. The van der Waals surface area contributed by atoms with Crippen LogP contribution in [0.4, 0.5) is 13.2 Å². The Labute approximate surface area is 115 Å². The second-order valence-corrected chi connectivity index (χ2v) is 4.29. The van der Waals surface area contributed by atoms with Gasteiger partial charge in [0, 0.05) is 12.6 Å². The monoisotopic (exact) mass is 287 g/mol. The second kappa shape index (κ2) is 7.09. The summed E-state index contributed by atoms with van der Waals surface area (Å²) >= 11 is 0. The molecule has 0 saturated heterocycles. The average Bonchev–Trinajstić information content (AvgIpc) is 2.35. The van der Waals surface area contributed by atoms with Gasteiger partial charge < -0.3 is 10.0 Å². The highest BCUT2D eigenvalue weighted by molar-refractivity contribution is 5.92. The van der Waals surface area contributed by atoms with E-state index in [1.165, 1.54) is 6.08 Å². The first-order chi connectivity index (χ1) is 9.33. The van der Waals surface area contributed by atoms with Gasteiger partial charge in [-0.15, -0.1) is 0 Å². The van der Waals surface area contributed by atoms with Crippen LogP contribution in [0.2, 0.25) is 0 Å². The molecule has 0 radical (unpaired) electrons. The zero-order valence-electron chi connectivity index (χ0n) is 11.0. The summed E-state index contributed by atoms with van der Waals surface area (Å²) in [6.45, 7) is -0.396. The summed E-state index contributed by atoms with van der Waals surface area (Å²) in [5, 5.41) is 8.73. The Morgan fingerprint density at radius 3 is 2.55 bits per heavy atom. The number of rotatable bonds is 5. The van der Waals surface area contributed by atoms with Crippen molar-refractivity contribution in [1.29, 1.82) is 0 Å². The number of hydrogen-bond acceptors (Lipinski definition) is 2. The number of aliphatic hydroxyl groups is 1. The van der Waals surface area contributed by atoms with Gasteiger partial charge in [-0.2, -0.15) is 13.2 Å². The zero-order valence-corrected chi connectivity index (χ0v) is 11.0. The highest BCUT2D eigenvalue weighted by Gasteiger charge is 2.32. The molecule has 0 aromatic heterocycles. The third-order valence-corrected chi connectivity index (χ3v) is 2.65. The van der Waals surface area contributed by atoms with Crippen LogP contribution in [0.25, 0.3) is 6.08 Å². The van der Waals surface area contributed by atoms with Crippen molar-refractivity contribution in [3.05, 3.63) is 41.5 Å². The van der Waals surface area contributed by atoms with Gasteiger partial charge >= 0.3 is 6.18 Å². The molecule has 6 heteroatoms. The van der Waals surface area contributed by atoms with Crippen LogP contribution >= 0.6 is 0 Å². The molecule has 110 valence electrons. The summed E-state index contributed by atoms with van der Waals surface area (Å²) in [7, 11) is 0. The fourth-order valence-electron chi connectivity index (χ4n) is 1.64. The minimum Gasteiger partial charge on any atom is -0.395 e. The Balaban J connectivity index is 2.78. The van der Waals surface area contributed by atoms with Crippen molar-refractivity contribution in [2.75, 3.05) is 19.7 Å². The van der Waals surface area contributed by atoms with Crippen molar-refractivity contribution < 1.29 is 23.1 Å². The number of nitrogens with zero attached hydrogens (tertiary/aromatic N) is 1. The lowest BCUT2D eigenvalue weighted by Crippen LogP contribution is -2.39. The molecule has 1 amide bonds. The number of aryl methyl sites for hydroxylation is 1. The zero-order chi connectivity index (χ0) is 15.2. The van der Waals surface area contributed by atoms with Crippen molar-refractivity contribution in [3.63, 3.8) is 0 Å². The molecule has 0 aliphatic heterocycles. The number of benzene rings is 1. The average molecular weight is 287 g/mol.